The zero-order valence-electron chi connectivity index (χ0n) is 11.8. The fourth-order valence-electron chi connectivity index (χ4n) is 3.56. The molecule has 0 bridgehead atoms. The van der Waals surface area contributed by atoms with Crippen molar-refractivity contribution >= 4 is 9.84 Å². The largest absolute Gasteiger partial charge is 0.316 e. The summed E-state index contributed by atoms with van der Waals surface area (Å²) in [5, 5.41) is 3.51. The van der Waals surface area contributed by atoms with Gasteiger partial charge in [0.15, 0.2) is 9.84 Å². The first-order valence-electron chi connectivity index (χ1n) is 7.63. The lowest BCUT2D eigenvalue weighted by atomic mass is 9.83. The van der Waals surface area contributed by atoms with E-state index in [4.69, 9.17) is 0 Å². The highest BCUT2D eigenvalue weighted by Gasteiger charge is 2.27. The standard InChI is InChI=1S/C16H23NO2S/c18-20(19)9-8-13(12-20)10-17-11-15-6-3-5-14-4-1-2-7-16(14)15/h1-2,4,7,13,15,17H,3,5-6,8-12H2. The van der Waals surface area contributed by atoms with Gasteiger partial charge in [0.05, 0.1) is 11.5 Å². The van der Waals surface area contributed by atoms with Crippen LogP contribution in [0.2, 0.25) is 0 Å². The van der Waals surface area contributed by atoms with Gasteiger partial charge in [0.1, 0.15) is 0 Å². The van der Waals surface area contributed by atoms with E-state index in [1.165, 1.54) is 30.4 Å². The predicted molar refractivity (Wildman–Crippen MR) is 81.8 cm³/mol. The normalized spacial score (nSPS) is 28.2. The summed E-state index contributed by atoms with van der Waals surface area (Å²) < 4.78 is 22.9. The maximum Gasteiger partial charge on any atom is 0.150 e. The molecule has 2 aliphatic rings. The minimum Gasteiger partial charge on any atom is -0.316 e. The van der Waals surface area contributed by atoms with Gasteiger partial charge in [-0.15, -0.1) is 0 Å². The van der Waals surface area contributed by atoms with E-state index in [1.807, 2.05) is 0 Å². The van der Waals surface area contributed by atoms with Crippen LogP contribution in [0.3, 0.4) is 0 Å². The molecule has 3 rings (SSSR count). The Kier molecular flexibility index (Phi) is 4.13. The Labute approximate surface area is 121 Å². The van der Waals surface area contributed by atoms with Gasteiger partial charge in [-0.05, 0) is 55.2 Å². The van der Waals surface area contributed by atoms with E-state index in [1.54, 1.807) is 0 Å². The molecule has 1 aromatic rings. The van der Waals surface area contributed by atoms with Crippen LogP contribution in [0, 0.1) is 5.92 Å². The van der Waals surface area contributed by atoms with Crippen LogP contribution in [0.4, 0.5) is 0 Å². The highest BCUT2D eigenvalue weighted by molar-refractivity contribution is 7.91. The van der Waals surface area contributed by atoms with Crippen LogP contribution in [0.5, 0.6) is 0 Å². The molecule has 2 atom stereocenters. The minimum atomic E-state index is -2.74. The molecule has 1 aliphatic heterocycles. The molecule has 0 radical (unpaired) electrons. The summed E-state index contributed by atoms with van der Waals surface area (Å²) in [7, 11) is -2.74. The smallest absolute Gasteiger partial charge is 0.150 e. The maximum absolute atomic E-state index is 11.4. The van der Waals surface area contributed by atoms with Crippen LogP contribution in [0.25, 0.3) is 0 Å². The number of sulfone groups is 1. The van der Waals surface area contributed by atoms with Gasteiger partial charge in [0.25, 0.3) is 0 Å². The number of hydrogen-bond acceptors (Lipinski definition) is 3. The predicted octanol–water partition coefficient (Wildman–Crippen LogP) is 2.13. The second-order valence-corrected chi connectivity index (χ2v) is 8.44. The van der Waals surface area contributed by atoms with Gasteiger partial charge in [-0.1, -0.05) is 24.3 Å². The summed E-state index contributed by atoms with van der Waals surface area (Å²) in [5.74, 6) is 1.67. The molecule has 0 amide bonds. The van der Waals surface area contributed by atoms with E-state index in [-0.39, 0.29) is 0 Å². The van der Waals surface area contributed by atoms with E-state index in [9.17, 15) is 8.42 Å². The SMILES string of the molecule is O=S1(=O)CCC(CNCC2CCCc3ccccc32)C1. The first-order valence-corrected chi connectivity index (χ1v) is 9.45. The van der Waals surface area contributed by atoms with E-state index in [0.717, 1.165) is 19.5 Å². The van der Waals surface area contributed by atoms with Crippen LogP contribution < -0.4 is 5.32 Å². The highest BCUT2D eigenvalue weighted by atomic mass is 32.2. The van der Waals surface area contributed by atoms with Gasteiger partial charge in [0.2, 0.25) is 0 Å². The molecule has 1 heterocycles. The Balaban J connectivity index is 1.53. The van der Waals surface area contributed by atoms with Gasteiger partial charge in [-0.3, -0.25) is 0 Å². The summed E-state index contributed by atoms with van der Waals surface area (Å²) >= 11 is 0. The minimum absolute atomic E-state index is 0.318. The maximum atomic E-state index is 11.4. The number of aryl methyl sites for hydroxylation is 1. The molecule has 110 valence electrons. The van der Waals surface area contributed by atoms with Gasteiger partial charge in [0, 0.05) is 6.54 Å². The van der Waals surface area contributed by atoms with Gasteiger partial charge in [-0.2, -0.15) is 0 Å². The molecule has 0 spiro atoms. The lowest BCUT2D eigenvalue weighted by Crippen LogP contribution is -2.29. The van der Waals surface area contributed by atoms with Crippen molar-refractivity contribution in [3.8, 4) is 0 Å². The fourth-order valence-corrected chi connectivity index (χ4v) is 5.42. The molecule has 4 heteroatoms. The first-order chi connectivity index (χ1) is 9.64. The molecule has 3 nitrogen and oxygen atoms in total. The van der Waals surface area contributed by atoms with Crippen molar-refractivity contribution in [2.24, 2.45) is 5.92 Å². The summed E-state index contributed by atoms with van der Waals surface area (Å²) in [6.45, 7) is 1.82. The zero-order chi connectivity index (χ0) is 14.0. The molecular weight excluding hydrogens is 270 g/mol. The van der Waals surface area contributed by atoms with E-state index >= 15 is 0 Å². The lowest BCUT2D eigenvalue weighted by Gasteiger charge is -2.26. The van der Waals surface area contributed by atoms with Crippen molar-refractivity contribution in [3.63, 3.8) is 0 Å². The quantitative estimate of drug-likeness (QED) is 0.925. The van der Waals surface area contributed by atoms with Crippen molar-refractivity contribution in [1.82, 2.24) is 5.32 Å². The Hall–Kier alpha value is -0.870. The lowest BCUT2D eigenvalue weighted by molar-refractivity contribution is 0.465. The van der Waals surface area contributed by atoms with Crippen molar-refractivity contribution in [1.29, 1.82) is 0 Å². The number of fused-ring (bicyclic) bond motifs is 1. The van der Waals surface area contributed by atoms with Crippen LogP contribution in [-0.2, 0) is 16.3 Å². The van der Waals surface area contributed by atoms with Crippen LogP contribution in [0.15, 0.2) is 24.3 Å². The first kappa shape index (κ1) is 14.1. The summed E-state index contributed by atoms with van der Waals surface area (Å²) in [6, 6.07) is 8.74. The Bertz CT molecular complexity index is 568. The van der Waals surface area contributed by atoms with Gasteiger partial charge < -0.3 is 5.32 Å². The number of hydrogen-bond donors (Lipinski definition) is 1. The van der Waals surface area contributed by atoms with Gasteiger partial charge >= 0.3 is 0 Å². The number of benzene rings is 1. The second kappa shape index (κ2) is 5.86. The highest BCUT2D eigenvalue weighted by Crippen LogP contribution is 2.30. The van der Waals surface area contributed by atoms with Crippen molar-refractivity contribution in [3.05, 3.63) is 35.4 Å². The topological polar surface area (TPSA) is 46.2 Å². The van der Waals surface area contributed by atoms with Crippen molar-refractivity contribution in [2.45, 2.75) is 31.6 Å². The Morgan fingerprint density at radius 2 is 2.00 bits per heavy atom. The zero-order valence-corrected chi connectivity index (χ0v) is 12.7. The molecule has 1 N–H and O–H groups in total. The molecule has 0 saturated carbocycles. The third kappa shape index (κ3) is 3.23. The Morgan fingerprint density at radius 3 is 2.80 bits per heavy atom. The number of rotatable bonds is 4. The molecule has 1 aromatic carbocycles. The van der Waals surface area contributed by atoms with E-state index in [2.05, 4.69) is 29.6 Å². The van der Waals surface area contributed by atoms with Crippen LogP contribution in [-0.4, -0.2) is 33.0 Å². The summed E-state index contributed by atoms with van der Waals surface area (Å²) in [5.41, 5.74) is 2.99. The van der Waals surface area contributed by atoms with Crippen LogP contribution in [0.1, 0.15) is 36.3 Å². The molecule has 1 aliphatic carbocycles. The molecule has 1 fully saturated rings. The third-order valence-corrected chi connectivity index (χ3v) is 6.48. The van der Waals surface area contributed by atoms with Crippen molar-refractivity contribution < 1.29 is 8.42 Å². The van der Waals surface area contributed by atoms with Gasteiger partial charge in [-0.25, -0.2) is 8.42 Å². The summed E-state index contributed by atoms with van der Waals surface area (Å²) in [4.78, 5) is 0. The van der Waals surface area contributed by atoms with Crippen LogP contribution >= 0.6 is 0 Å². The van der Waals surface area contributed by atoms with E-state index < -0.39 is 9.84 Å². The van der Waals surface area contributed by atoms with E-state index in [0.29, 0.717) is 23.3 Å². The molecule has 2 unspecified atom stereocenters. The molecule has 1 saturated heterocycles. The van der Waals surface area contributed by atoms with Crippen molar-refractivity contribution in [2.75, 3.05) is 24.6 Å². The second-order valence-electron chi connectivity index (χ2n) is 6.22. The average molecular weight is 293 g/mol. The number of nitrogens with one attached hydrogen (secondary N) is 1. The molecular formula is C16H23NO2S. The monoisotopic (exact) mass is 293 g/mol. The average Bonchev–Trinajstić information content (AvgIpc) is 2.79. The third-order valence-electron chi connectivity index (χ3n) is 4.64. The molecule has 20 heavy (non-hydrogen) atoms. The Morgan fingerprint density at radius 1 is 1.15 bits per heavy atom. The molecule has 0 aromatic heterocycles. The fraction of sp³-hybridized carbons (Fsp3) is 0.625. The summed E-state index contributed by atoms with van der Waals surface area (Å²) in [6.07, 6.45) is 4.54.